The average molecular weight is 445 g/mol. The lowest BCUT2D eigenvalue weighted by atomic mass is 10.3. The van der Waals surface area contributed by atoms with Gasteiger partial charge in [-0.3, -0.25) is 14.3 Å². The van der Waals surface area contributed by atoms with Crippen LogP contribution in [-0.4, -0.2) is 36.4 Å². The van der Waals surface area contributed by atoms with Gasteiger partial charge in [0.1, 0.15) is 11.6 Å². The number of fused-ring (bicyclic) bond motifs is 1. The van der Waals surface area contributed by atoms with Crippen molar-refractivity contribution in [3.63, 3.8) is 0 Å². The minimum atomic E-state index is -4.67. The van der Waals surface area contributed by atoms with Crippen molar-refractivity contribution < 1.29 is 13.2 Å². The number of halogens is 4. The van der Waals surface area contributed by atoms with Gasteiger partial charge in [0.2, 0.25) is 5.28 Å². The summed E-state index contributed by atoms with van der Waals surface area (Å²) in [6.45, 7) is 3.00. The summed E-state index contributed by atoms with van der Waals surface area (Å²) in [4.78, 5) is 29.6. The summed E-state index contributed by atoms with van der Waals surface area (Å²) < 4.78 is 40.5. The van der Waals surface area contributed by atoms with Crippen molar-refractivity contribution in [3.05, 3.63) is 45.9 Å². The number of nitrogens with one attached hydrogen (secondary N) is 1. The highest BCUT2D eigenvalue weighted by Gasteiger charge is 2.39. The van der Waals surface area contributed by atoms with E-state index < -0.39 is 17.8 Å². The highest BCUT2D eigenvalue weighted by Crippen LogP contribution is 2.31. The van der Waals surface area contributed by atoms with Crippen molar-refractivity contribution in [2.45, 2.75) is 37.5 Å². The molecule has 0 saturated heterocycles. The van der Waals surface area contributed by atoms with E-state index in [4.69, 9.17) is 11.6 Å². The summed E-state index contributed by atoms with van der Waals surface area (Å²) in [5, 5.41) is 2.48. The molecular formula is C17H16ClF3N6OS. The van der Waals surface area contributed by atoms with Crippen LogP contribution in [0.3, 0.4) is 0 Å². The monoisotopic (exact) mass is 444 g/mol. The Bertz CT molecular complexity index is 1070. The minimum Gasteiger partial charge on any atom is -0.360 e. The van der Waals surface area contributed by atoms with Crippen LogP contribution in [0.25, 0.3) is 11.2 Å². The Hall–Kier alpha value is -2.40. The van der Waals surface area contributed by atoms with Crippen molar-refractivity contribution in [2.75, 3.05) is 11.1 Å². The lowest BCUT2D eigenvalue weighted by molar-refractivity contribution is -0.162. The summed E-state index contributed by atoms with van der Waals surface area (Å²) >= 11 is 7.34. The number of nitrogens with zero attached hydrogens (tertiary/aromatic N) is 5. The van der Waals surface area contributed by atoms with Crippen LogP contribution < -0.4 is 10.9 Å². The zero-order chi connectivity index (χ0) is 21.2. The van der Waals surface area contributed by atoms with E-state index in [-0.39, 0.29) is 28.8 Å². The maximum absolute atomic E-state index is 13.3. The Kier molecular flexibility index (Phi) is 6.27. The fourth-order valence-corrected chi connectivity index (χ4v) is 3.30. The molecule has 0 saturated carbocycles. The van der Waals surface area contributed by atoms with Crippen LogP contribution in [0, 0.1) is 0 Å². The van der Waals surface area contributed by atoms with E-state index in [0.29, 0.717) is 10.3 Å². The molecule has 3 heterocycles. The lowest BCUT2D eigenvalue weighted by Crippen LogP contribution is -2.35. The Labute approximate surface area is 172 Å². The molecule has 29 heavy (non-hydrogen) atoms. The first kappa shape index (κ1) is 21.3. The van der Waals surface area contributed by atoms with Gasteiger partial charge in [0.15, 0.2) is 11.5 Å². The van der Waals surface area contributed by atoms with Gasteiger partial charge < -0.3 is 5.32 Å². The summed E-state index contributed by atoms with van der Waals surface area (Å²) in [5.41, 5.74) is -0.635. The smallest absolute Gasteiger partial charge is 0.360 e. The largest absolute Gasteiger partial charge is 0.409 e. The van der Waals surface area contributed by atoms with Crippen LogP contribution in [-0.2, 0) is 6.54 Å². The molecule has 0 aliphatic heterocycles. The van der Waals surface area contributed by atoms with Crippen LogP contribution in [0.5, 0.6) is 0 Å². The molecule has 1 atom stereocenters. The number of thioether (sulfide) groups is 1. The van der Waals surface area contributed by atoms with Crippen LogP contribution in [0.1, 0.15) is 25.6 Å². The molecule has 0 aliphatic carbocycles. The molecule has 0 unspecified atom stereocenters. The van der Waals surface area contributed by atoms with Crippen LogP contribution in [0.2, 0.25) is 5.28 Å². The number of rotatable bonds is 6. The first-order valence-electron chi connectivity index (χ1n) is 8.53. The van der Waals surface area contributed by atoms with Gasteiger partial charge in [0, 0.05) is 11.1 Å². The first-order chi connectivity index (χ1) is 13.7. The number of alkyl halides is 3. The zero-order valence-electron chi connectivity index (χ0n) is 15.4. The average Bonchev–Trinajstić information content (AvgIpc) is 2.67. The Balaban J connectivity index is 1.99. The zero-order valence-corrected chi connectivity index (χ0v) is 16.9. The molecule has 0 aromatic carbocycles. The van der Waals surface area contributed by atoms with Crippen molar-refractivity contribution in [3.8, 4) is 0 Å². The number of hydrogen-bond donors (Lipinski definition) is 1. The van der Waals surface area contributed by atoms with Gasteiger partial charge in [-0.2, -0.15) is 18.2 Å². The number of hydrogen-bond acceptors (Lipinski definition) is 7. The maximum atomic E-state index is 13.3. The van der Waals surface area contributed by atoms with Gasteiger partial charge in [-0.1, -0.05) is 6.92 Å². The van der Waals surface area contributed by atoms with Gasteiger partial charge in [0.05, 0.1) is 18.4 Å². The van der Waals surface area contributed by atoms with E-state index in [1.54, 1.807) is 24.0 Å². The Morgan fingerprint density at radius 2 is 2.00 bits per heavy atom. The second-order valence-corrected chi connectivity index (χ2v) is 7.65. The molecule has 0 fully saturated rings. The molecule has 0 aliphatic rings. The van der Waals surface area contributed by atoms with Crippen molar-refractivity contribution in [2.24, 2.45) is 0 Å². The van der Waals surface area contributed by atoms with E-state index in [0.717, 1.165) is 17.6 Å². The second-order valence-electron chi connectivity index (χ2n) is 5.97. The predicted molar refractivity (Wildman–Crippen MR) is 105 cm³/mol. The first-order valence-corrected chi connectivity index (χ1v) is 9.90. The molecule has 0 amide bonds. The summed E-state index contributed by atoms with van der Waals surface area (Å²) in [5.74, 6) is 0.650. The van der Waals surface area contributed by atoms with Gasteiger partial charge in [-0.25, -0.2) is 9.97 Å². The molecule has 3 aromatic heterocycles. The third-order valence-corrected chi connectivity index (χ3v) is 5.05. The third kappa shape index (κ3) is 4.78. The number of pyridine rings is 1. The van der Waals surface area contributed by atoms with Crippen molar-refractivity contribution in [1.29, 1.82) is 0 Å². The molecule has 154 valence electrons. The molecule has 7 nitrogen and oxygen atoms in total. The minimum absolute atomic E-state index is 0.00949. The van der Waals surface area contributed by atoms with Crippen LogP contribution in [0.4, 0.5) is 19.0 Å². The fourth-order valence-electron chi connectivity index (χ4n) is 2.54. The van der Waals surface area contributed by atoms with Gasteiger partial charge >= 0.3 is 6.18 Å². The summed E-state index contributed by atoms with van der Waals surface area (Å²) in [7, 11) is 0. The van der Waals surface area contributed by atoms with E-state index >= 15 is 0 Å². The normalized spacial score (nSPS) is 12.9. The van der Waals surface area contributed by atoms with E-state index in [1.807, 2.05) is 13.0 Å². The van der Waals surface area contributed by atoms with E-state index in [1.165, 1.54) is 6.20 Å². The standard InChI is InChI=1S/C17H16ClF3N6OS/c1-3-29-11-5-4-10(22-7-11)6-23-13-15(28)27(9(2)17(19,20)21)14-12(25-13)8-24-16(18)26-14/h4-5,7-9H,3,6H2,1-2H3,(H,23,25)/t9-/m0/s1. The topological polar surface area (TPSA) is 85.6 Å². The quantitative estimate of drug-likeness (QED) is 0.453. The molecule has 3 aromatic rings. The third-order valence-electron chi connectivity index (χ3n) is 4.01. The summed E-state index contributed by atoms with van der Waals surface area (Å²) in [6.07, 6.45) is -1.80. The molecule has 12 heteroatoms. The van der Waals surface area contributed by atoms with Crippen molar-refractivity contribution >= 4 is 40.3 Å². The predicted octanol–water partition coefficient (Wildman–Crippen LogP) is 4.08. The molecule has 0 spiro atoms. The van der Waals surface area contributed by atoms with Crippen molar-refractivity contribution in [1.82, 2.24) is 24.5 Å². The molecular weight excluding hydrogens is 429 g/mol. The molecule has 0 bridgehead atoms. The Morgan fingerprint density at radius 1 is 1.24 bits per heavy atom. The lowest BCUT2D eigenvalue weighted by Gasteiger charge is -2.20. The van der Waals surface area contributed by atoms with E-state index in [9.17, 15) is 18.0 Å². The fraction of sp³-hybridized carbons (Fsp3) is 0.353. The highest BCUT2D eigenvalue weighted by atomic mass is 35.5. The molecule has 0 radical (unpaired) electrons. The number of aromatic nitrogens is 5. The maximum Gasteiger partial charge on any atom is 0.409 e. The second kappa shape index (κ2) is 8.54. The molecule has 1 N–H and O–H groups in total. The van der Waals surface area contributed by atoms with Crippen LogP contribution >= 0.6 is 23.4 Å². The summed E-state index contributed by atoms with van der Waals surface area (Å²) in [6, 6.07) is 1.52. The van der Waals surface area contributed by atoms with E-state index in [2.05, 4.69) is 25.3 Å². The Morgan fingerprint density at radius 3 is 2.62 bits per heavy atom. The molecule has 3 rings (SSSR count). The highest BCUT2D eigenvalue weighted by molar-refractivity contribution is 7.99. The van der Waals surface area contributed by atoms with Crippen LogP contribution in [0.15, 0.2) is 34.2 Å². The van der Waals surface area contributed by atoms with Gasteiger partial charge in [-0.15, -0.1) is 11.8 Å². The van der Waals surface area contributed by atoms with Gasteiger partial charge in [0.25, 0.3) is 5.56 Å². The SMILES string of the molecule is CCSc1ccc(CNc2nc3cnc(Cl)nc3n([C@@H](C)C(F)(F)F)c2=O)nc1. The number of anilines is 1. The van der Waals surface area contributed by atoms with Gasteiger partial charge in [-0.05, 0) is 36.4 Å².